The molecule has 0 radical (unpaired) electrons. The van der Waals surface area contributed by atoms with Gasteiger partial charge in [0.2, 0.25) is 0 Å². The zero-order chi connectivity index (χ0) is 32.1. The van der Waals surface area contributed by atoms with E-state index in [1.807, 2.05) is 36.4 Å². The van der Waals surface area contributed by atoms with Crippen LogP contribution in [0.15, 0.2) is 176 Å². The van der Waals surface area contributed by atoms with Crippen molar-refractivity contribution in [1.29, 1.82) is 0 Å². The van der Waals surface area contributed by atoms with Crippen LogP contribution in [0.25, 0.3) is 78.7 Å². The summed E-state index contributed by atoms with van der Waals surface area (Å²) in [7, 11) is 0. The van der Waals surface area contributed by atoms with Crippen molar-refractivity contribution in [3.8, 4) is 78.7 Å². The van der Waals surface area contributed by atoms with Crippen LogP contribution in [0.4, 0.5) is 0 Å². The summed E-state index contributed by atoms with van der Waals surface area (Å²) in [5, 5.41) is 0. The van der Waals surface area contributed by atoms with E-state index < -0.39 is 0 Å². The second kappa shape index (κ2) is 13.0. The normalized spacial score (nSPS) is 10.9. The number of aromatic nitrogens is 5. The molecule has 5 heteroatoms. The minimum atomic E-state index is 0.590. The Bertz CT molecular complexity index is 2230. The third kappa shape index (κ3) is 6.00. The molecule has 5 aromatic carbocycles. The highest BCUT2D eigenvalue weighted by molar-refractivity contribution is 5.87. The van der Waals surface area contributed by atoms with Crippen molar-refractivity contribution in [2.24, 2.45) is 0 Å². The highest BCUT2D eigenvalue weighted by Gasteiger charge is 2.15. The Labute approximate surface area is 279 Å². The van der Waals surface area contributed by atoms with Crippen molar-refractivity contribution in [3.63, 3.8) is 0 Å². The van der Waals surface area contributed by atoms with Crippen LogP contribution in [-0.4, -0.2) is 24.9 Å². The molecule has 0 spiro atoms. The summed E-state index contributed by atoms with van der Waals surface area (Å²) in [6.07, 6.45) is 6.99. The van der Waals surface area contributed by atoms with Gasteiger partial charge < -0.3 is 0 Å². The maximum absolute atomic E-state index is 4.94. The SMILES string of the molecule is c1ccc(-c2ccc(-c3ccc(-c4ccc(-c5nc(-c6ccncc6)nc(-c6ccncc6)n5)cc4-c4ccccc4)cc3)cc2)cc1. The van der Waals surface area contributed by atoms with E-state index >= 15 is 0 Å². The monoisotopic (exact) mass is 615 g/mol. The van der Waals surface area contributed by atoms with Crippen LogP contribution in [0.2, 0.25) is 0 Å². The van der Waals surface area contributed by atoms with Crippen LogP contribution in [0, 0.1) is 0 Å². The summed E-state index contributed by atoms with van der Waals surface area (Å²) in [6, 6.07) is 52.6. The van der Waals surface area contributed by atoms with E-state index in [0.717, 1.165) is 38.9 Å². The maximum atomic E-state index is 4.94. The van der Waals surface area contributed by atoms with Crippen LogP contribution < -0.4 is 0 Å². The Kier molecular flexibility index (Phi) is 7.83. The van der Waals surface area contributed by atoms with Gasteiger partial charge in [-0.3, -0.25) is 9.97 Å². The average molecular weight is 616 g/mol. The molecule has 0 unspecified atom stereocenters. The third-order valence-electron chi connectivity index (χ3n) is 8.40. The lowest BCUT2D eigenvalue weighted by Crippen LogP contribution is -2.00. The zero-order valence-electron chi connectivity index (χ0n) is 26.0. The molecular formula is C43H29N5. The van der Waals surface area contributed by atoms with Crippen LogP contribution in [-0.2, 0) is 0 Å². The van der Waals surface area contributed by atoms with Crippen molar-refractivity contribution in [2.75, 3.05) is 0 Å². The van der Waals surface area contributed by atoms with E-state index in [1.165, 1.54) is 22.3 Å². The zero-order valence-corrected chi connectivity index (χ0v) is 26.0. The summed E-state index contributed by atoms with van der Waals surface area (Å²) in [5.41, 5.74) is 11.9. The van der Waals surface area contributed by atoms with Gasteiger partial charge in [0.25, 0.3) is 0 Å². The van der Waals surface area contributed by atoms with Crippen molar-refractivity contribution in [3.05, 3.63) is 176 Å². The lowest BCUT2D eigenvalue weighted by Gasteiger charge is -2.14. The number of hydrogen-bond donors (Lipinski definition) is 0. The summed E-state index contributed by atoms with van der Waals surface area (Å²) < 4.78 is 0. The van der Waals surface area contributed by atoms with E-state index in [2.05, 4.69) is 125 Å². The highest BCUT2D eigenvalue weighted by atomic mass is 15.0. The van der Waals surface area contributed by atoms with E-state index in [9.17, 15) is 0 Å². The van der Waals surface area contributed by atoms with Crippen LogP contribution in [0.1, 0.15) is 0 Å². The van der Waals surface area contributed by atoms with Crippen LogP contribution in [0.5, 0.6) is 0 Å². The fourth-order valence-electron chi connectivity index (χ4n) is 5.88. The molecule has 8 rings (SSSR count). The summed E-state index contributed by atoms with van der Waals surface area (Å²) >= 11 is 0. The molecule has 0 aliphatic rings. The first-order valence-electron chi connectivity index (χ1n) is 15.8. The molecule has 48 heavy (non-hydrogen) atoms. The lowest BCUT2D eigenvalue weighted by atomic mass is 9.91. The molecule has 226 valence electrons. The van der Waals surface area contributed by atoms with Gasteiger partial charge in [0.05, 0.1) is 0 Å². The fourth-order valence-corrected chi connectivity index (χ4v) is 5.88. The summed E-state index contributed by atoms with van der Waals surface area (Å²) in [4.78, 5) is 23.1. The maximum Gasteiger partial charge on any atom is 0.164 e. The predicted molar refractivity (Wildman–Crippen MR) is 193 cm³/mol. The van der Waals surface area contributed by atoms with Gasteiger partial charge in [0.15, 0.2) is 17.5 Å². The molecule has 0 N–H and O–H groups in total. The minimum absolute atomic E-state index is 0.590. The second-order valence-electron chi connectivity index (χ2n) is 11.4. The molecule has 0 bridgehead atoms. The average Bonchev–Trinajstić information content (AvgIpc) is 3.19. The Morgan fingerprint density at radius 1 is 0.250 bits per heavy atom. The minimum Gasteiger partial charge on any atom is -0.265 e. The molecule has 0 aliphatic carbocycles. The molecule has 0 aliphatic heterocycles. The number of rotatable bonds is 7. The number of benzene rings is 5. The molecule has 5 nitrogen and oxygen atoms in total. The molecule has 0 saturated carbocycles. The lowest BCUT2D eigenvalue weighted by molar-refractivity contribution is 1.07. The van der Waals surface area contributed by atoms with Gasteiger partial charge in [-0.25, -0.2) is 15.0 Å². The van der Waals surface area contributed by atoms with Gasteiger partial charge in [-0.05, 0) is 74.8 Å². The number of nitrogens with zero attached hydrogens (tertiary/aromatic N) is 5. The van der Waals surface area contributed by atoms with Gasteiger partial charge in [0.1, 0.15) is 0 Å². The largest absolute Gasteiger partial charge is 0.265 e. The van der Waals surface area contributed by atoms with Crippen molar-refractivity contribution in [1.82, 2.24) is 24.9 Å². The van der Waals surface area contributed by atoms with Crippen molar-refractivity contribution in [2.45, 2.75) is 0 Å². The van der Waals surface area contributed by atoms with E-state index in [0.29, 0.717) is 17.5 Å². The number of pyridine rings is 2. The summed E-state index contributed by atoms with van der Waals surface area (Å²) in [6.45, 7) is 0. The van der Waals surface area contributed by atoms with Gasteiger partial charge in [-0.15, -0.1) is 0 Å². The molecule has 0 amide bonds. The quantitative estimate of drug-likeness (QED) is 0.178. The third-order valence-corrected chi connectivity index (χ3v) is 8.40. The van der Waals surface area contributed by atoms with E-state index in [1.54, 1.807) is 24.8 Å². The van der Waals surface area contributed by atoms with Crippen molar-refractivity contribution < 1.29 is 0 Å². The molecule has 3 aromatic heterocycles. The topological polar surface area (TPSA) is 64.5 Å². The van der Waals surface area contributed by atoms with Gasteiger partial charge in [0, 0.05) is 41.5 Å². The van der Waals surface area contributed by atoms with Crippen LogP contribution >= 0.6 is 0 Å². The van der Waals surface area contributed by atoms with E-state index in [-0.39, 0.29) is 0 Å². The van der Waals surface area contributed by atoms with Crippen LogP contribution in [0.3, 0.4) is 0 Å². The van der Waals surface area contributed by atoms with Gasteiger partial charge >= 0.3 is 0 Å². The first kappa shape index (κ1) is 28.9. The standard InChI is InChI=1S/C43H29N5/c1-3-7-30(8-4-1)31-11-13-32(14-12-31)33-15-17-35(18-16-33)39-20-19-38(29-40(39)34-9-5-2-6-10-34)43-47-41(36-21-25-44-26-22-36)46-42(48-43)37-23-27-45-28-24-37/h1-29H. The molecule has 0 saturated heterocycles. The van der Waals surface area contributed by atoms with Gasteiger partial charge in [-0.2, -0.15) is 0 Å². The molecule has 0 atom stereocenters. The Balaban J connectivity index is 1.19. The fraction of sp³-hybridized carbons (Fsp3) is 0. The molecule has 0 fully saturated rings. The Morgan fingerprint density at radius 3 is 1.08 bits per heavy atom. The van der Waals surface area contributed by atoms with E-state index in [4.69, 9.17) is 15.0 Å². The summed E-state index contributed by atoms with van der Waals surface area (Å²) in [5.74, 6) is 1.78. The highest BCUT2D eigenvalue weighted by Crippen LogP contribution is 2.37. The Morgan fingerprint density at radius 2 is 0.604 bits per heavy atom. The Hall–Kier alpha value is -6.59. The van der Waals surface area contributed by atoms with Crippen molar-refractivity contribution >= 4 is 0 Å². The first-order chi connectivity index (χ1) is 23.8. The smallest absolute Gasteiger partial charge is 0.164 e. The molecule has 8 aromatic rings. The second-order valence-corrected chi connectivity index (χ2v) is 11.4. The van der Waals surface area contributed by atoms with Gasteiger partial charge in [-0.1, -0.05) is 121 Å². The molecular weight excluding hydrogens is 587 g/mol. The first-order valence-corrected chi connectivity index (χ1v) is 15.8. The number of hydrogen-bond acceptors (Lipinski definition) is 5. The molecule has 3 heterocycles. The predicted octanol–water partition coefficient (Wildman–Crippen LogP) is 10.3.